The fourth-order valence-corrected chi connectivity index (χ4v) is 1.69. The molecule has 0 bridgehead atoms. The van der Waals surface area contributed by atoms with E-state index >= 15 is 0 Å². The lowest BCUT2D eigenvalue weighted by molar-refractivity contribution is 0.546. The predicted octanol–water partition coefficient (Wildman–Crippen LogP) is 3.05. The standard InChI is InChI=1S/C15H21N5/c1-5-6-18-13-9-11(12-10-16-7-8-17-12)19-14(20-13)15(2,3)4/h7-10H,5-6H2,1-4H3,(H,18,19,20). The highest BCUT2D eigenvalue weighted by Crippen LogP contribution is 2.24. The van der Waals surface area contributed by atoms with Crippen molar-refractivity contribution in [3.05, 3.63) is 30.5 Å². The lowest BCUT2D eigenvalue weighted by atomic mass is 9.95. The van der Waals surface area contributed by atoms with Gasteiger partial charge in [0.1, 0.15) is 17.3 Å². The number of anilines is 1. The van der Waals surface area contributed by atoms with Crippen molar-refractivity contribution in [2.24, 2.45) is 0 Å². The summed E-state index contributed by atoms with van der Waals surface area (Å²) in [4.78, 5) is 17.6. The van der Waals surface area contributed by atoms with Crippen molar-refractivity contribution in [2.75, 3.05) is 11.9 Å². The fraction of sp³-hybridized carbons (Fsp3) is 0.467. The number of aromatic nitrogens is 4. The third kappa shape index (κ3) is 3.50. The van der Waals surface area contributed by atoms with Crippen LogP contribution in [0.1, 0.15) is 39.9 Å². The van der Waals surface area contributed by atoms with Crippen molar-refractivity contribution in [1.82, 2.24) is 19.9 Å². The van der Waals surface area contributed by atoms with E-state index in [1.165, 1.54) is 0 Å². The highest BCUT2D eigenvalue weighted by molar-refractivity contribution is 5.57. The first-order valence-electron chi connectivity index (χ1n) is 6.90. The first kappa shape index (κ1) is 14.4. The molecule has 0 aromatic carbocycles. The van der Waals surface area contributed by atoms with Gasteiger partial charge in [0.2, 0.25) is 0 Å². The topological polar surface area (TPSA) is 63.6 Å². The number of nitrogens with one attached hydrogen (secondary N) is 1. The maximum atomic E-state index is 4.63. The van der Waals surface area contributed by atoms with Crippen molar-refractivity contribution in [1.29, 1.82) is 0 Å². The summed E-state index contributed by atoms with van der Waals surface area (Å²) in [7, 11) is 0. The third-order valence-electron chi connectivity index (χ3n) is 2.78. The van der Waals surface area contributed by atoms with Gasteiger partial charge in [-0.05, 0) is 6.42 Å². The van der Waals surface area contributed by atoms with Crippen LogP contribution in [0, 0.1) is 0 Å². The van der Waals surface area contributed by atoms with Crippen LogP contribution in [0.15, 0.2) is 24.7 Å². The SMILES string of the molecule is CCCNc1cc(-c2cnccn2)nc(C(C)(C)C)n1. The van der Waals surface area contributed by atoms with E-state index in [1.54, 1.807) is 18.6 Å². The van der Waals surface area contributed by atoms with Gasteiger partial charge >= 0.3 is 0 Å². The van der Waals surface area contributed by atoms with E-state index in [0.717, 1.165) is 36.0 Å². The van der Waals surface area contributed by atoms with Crippen LogP contribution in [0.5, 0.6) is 0 Å². The van der Waals surface area contributed by atoms with Crippen LogP contribution in [0.3, 0.4) is 0 Å². The molecule has 106 valence electrons. The van der Waals surface area contributed by atoms with Gasteiger partial charge < -0.3 is 5.32 Å². The smallest absolute Gasteiger partial charge is 0.136 e. The van der Waals surface area contributed by atoms with Gasteiger partial charge in [0, 0.05) is 30.4 Å². The zero-order valence-corrected chi connectivity index (χ0v) is 12.5. The van der Waals surface area contributed by atoms with Crippen LogP contribution in [-0.2, 0) is 5.41 Å². The molecule has 0 aliphatic heterocycles. The highest BCUT2D eigenvalue weighted by Gasteiger charge is 2.19. The molecule has 2 aromatic heterocycles. The van der Waals surface area contributed by atoms with Gasteiger partial charge in [0.15, 0.2) is 0 Å². The lowest BCUT2D eigenvalue weighted by Gasteiger charge is -2.18. The molecular formula is C15H21N5. The van der Waals surface area contributed by atoms with Crippen LogP contribution in [0.25, 0.3) is 11.4 Å². The Morgan fingerprint density at radius 2 is 1.90 bits per heavy atom. The molecule has 20 heavy (non-hydrogen) atoms. The minimum atomic E-state index is -0.110. The number of hydrogen-bond acceptors (Lipinski definition) is 5. The molecule has 0 saturated heterocycles. The number of rotatable bonds is 4. The predicted molar refractivity (Wildman–Crippen MR) is 80.5 cm³/mol. The first-order chi connectivity index (χ1) is 9.50. The molecule has 0 unspecified atom stereocenters. The molecule has 0 aliphatic rings. The van der Waals surface area contributed by atoms with Gasteiger partial charge in [-0.25, -0.2) is 9.97 Å². The zero-order chi connectivity index (χ0) is 14.6. The second-order valence-electron chi connectivity index (χ2n) is 5.73. The van der Waals surface area contributed by atoms with E-state index in [9.17, 15) is 0 Å². The van der Waals surface area contributed by atoms with E-state index in [1.807, 2.05) is 6.07 Å². The summed E-state index contributed by atoms with van der Waals surface area (Å²) in [6, 6.07) is 1.93. The van der Waals surface area contributed by atoms with Gasteiger partial charge in [-0.15, -0.1) is 0 Å². The largest absolute Gasteiger partial charge is 0.370 e. The molecule has 0 spiro atoms. The summed E-state index contributed by atoms with van der Waals surface area (Å²) in [6.07, 6.45) is 6.10. The van der Waals surface area contributed by atoms with Crippen LogP contribution in [-0.4, -0.2) is 26.5 Å². The van der Waals surface area contributed by atoms with Gasteiger partial charge in [-0.1, -0.05) is 27.7 Å². The Morgan fingerprint density at radius 3 is 2.50 bits per heavy atom. The average Bonchev–Trinajstić information content (AvgIpc) is 2.45. The third-order valence-corrected chi connectivity index (χ3v) is 2.78. The molecule has 0 fully saturated rings. The fourth-order valence-electron chi connectivity index (χ4n) is 1.69. The monoisotopic (exact) mass is 271 g/mol. The Bertz CT molecular complexity index is 560. The molecule has 0 radical (unpaired) electrons. The normalized spacial score (nSPS) is 11.4. The molecule has 2 rings (SSSR count). The molecule has 5 nitrogen and oxygen atoms in total. The van der Waals surface area contributed by atoms with Crippen molar-refractivity contribution in [3.63, 3.8) is 0 Å². The Morgan fingerprint density at radius 1 is 1.10 bits per heavy atom. The summed E-state index contributed by atoms with van der Waals surface area (Å²) in [5.41, 5.74) is 1.46. The van der Waals surface area contributed by atoms with E-state index in [0.29, 0.717) is 0 Å². The summed E-state index contributed by atoms with van der Waals surface area (Å²) < 4.78 is 0. The molecule has 0 amide bonds. The van der Waals surface area contributed by atoms with E-state index in [4.69, 9.17) is 0 Å². The lowest BCUT2D eigenvalue weighted by Crippen LogP contribution is -2.18. The Balaban J connectivity index is 2.46. The Kier molecular flexibility index (Phi) is 4.27. The van der Waals surface area contributed by atoms with Crippen LogP contribution >= 0.6 is 0 Å². The van der Waals surface area contributed by atoms with E-state index < -0.39 is 0 Å². The summed E-state index contributed by atoms with van der Waals surface area (Å²) in [5.74, 6) is 1.65. The molecule has 2 heterocycles. The second-order valence-corrected chi connectivity index (χ2v) is 5.73. The minimum absolute atomic E-state index is 0.110. The maximum Gasteiger partial charge on any atom is 0.136 e. The quantitative estimate of drug-likeness (QED) is 0.926. The molecule has 0 saturated carbocycles. The second kappa shape index (κ2) is 5.94. The molecule has 0 aliphatic carbocycles. The highest BCUT2D eigenvalue weighted by atomic mass is 15.0. The van der Waals surface area contributed by atoms with Crippen molar-refractivity contribution in [2.45, 2.75) is 39.5 Å². The average molecular weight is 271 g/mol. The molecule has 2 aromatic rings. The van der Waals surface area contributed by atoms with Crippen molar-refractivity contribution >= 4 is 5.82 Å². The van der Waals surface area contributed by atoms with Gasteiger partial charge in [-0.2, -0.15) is 0 Å². The van der Waals surface area contributed by atoms with Crippen molar-refractivity contribution < 1.29 is 0 Å². The molecule has 1 N–H and O–H groups in total. The van der Waals surface area contributed by atoms with Crippen LogP contribution < -0.4 is 5.32 Å². The summed E-state index contributed by atoms with van der Waals surface area (Å²) in [5, 5.41) is 3.32. The minimum Gasteiger partial charge on any atom is -0.370 e. The van der Waals surface area contributed by atoms with Crippen LogP contribution in [0.2, 0.25) is 0 Å². The molecular weight excluding hydrogens is 250 g/mol. The first-order valence-corrected chi connectivity index (χ1v) is 6.90. The Hall–Kier alpha value is -2.04. The summed E-state index contributed by atoms with van der Waals surface area (Å²) in [6.45, 7) is 9.33. The van der Waals surface area contributed by atoms with E-state index in [2.05, 4.69) is 52.9 Å². The van der Waals surface area contributed by atoms with Crippen LogP contribution in [0.4, 0.5) is 5.82 Å². The summed E-state index contributed by atoms with van der Waals surface area (Å²) >= 11 is 0. The molecule has 5 heteroatoms. The zero-order valence-electron chi connectivity index (χ0n) is 12.5. The van der Waals surface area contributed by atoms with Gasteiger partial charge in [0.25, 0.3) is 0 Å². The number of hydrogen-bond donors (Lipinski definition) is 1. The Labute approximate surface area is 119 Å². The number of nitrogens with zero attached hydrogens (tertiary/aromatic N) is 4. The maximum absolute atomic E-state index is 4.63. The van der Waals surface area contributed by atoms with E-state index in [-0.39, 0.29) is 5.41 Å². The van der Waals surface area contributed by atoms with Gasteiger partial charge in [-0.3, -0.25) is 9.97 Å². The molecule has 0 atom stereocenters. The van der Waals surface area contributed by atoms with Gasteiger partial charge in [0.05, 0.1) is 11.9 Å². The van der Waals surface area contributed by atoms with Crippen molar-refractivity contribution in [3.8, 4) is 11.4 Å².